The first-order chi connectivity index (χ1) is 16.3. The lowest BCUT2D eigenvalue weighted by atomic mass is 10.1. The van der Waals surface area contributed by atoms with E-state index in [4.69, 9.17) is 47.0 Å². The maximum atomic E-state index is 13.4. The van der Waals surface area contributed by atoms with Gasteiger partial charge in [0.15, 0.2) is 4.32 Å². The Hall–Kier alpha value is -2.28. The maximum Gasteiger partial charge on any atom is 0.270 e. The van der Waals surface area contributed by atoms with Crippen molar-refractivity contribution in [1.29, 1.82) is 0 Å². The molecule has 4 aromatic rings. The molecule has 0 atom stereocenters. The van der Waals surface area contributed by atoms with Gasteiger partial charge in [-0.15, -0.1) is 0 Å². The van der Waals surface area contributed by atoms with Crippen molar-refractivity contribution in [2.45, 2.75) is 13.5 Å². The number of carbonyl (C=O) groups is 1. The average Bonchev–Trinajstić information content (AvgIpc) is 3.23. The van der Waals surface area contributed by atoms with Crippen LogP contribution in [-0.2, 0) is 11.3 Å². The number of halogens is 3. The van der Waals surface area contributed by atoms with Gasteiger partial charge in [0.2, 0.25) is 0 Å². The van der Waals surface area contributed by atoms with Crippen LogP contribution in [0.4, 0.5) is 5.69 Å². The zero-order valence-corrected chi connectivity index (χ0v) is 21.8. The summed E-state index contributed by atoms with van der Waals surface area (Å²) in [4.78, 5) is 15.4. The molecule has 3 aromatic carbocycles. The third kappa shape index (κ3) is 4.16. The number of benzene rings is 3. The Morgan fingerprint density at radius 1 is 0.971 bits per heavy atom. The molecular weight excluding hydrogens is 527 g/mol. The molecule has 1 aliphatic rings. The summed E-state index contributed by atoms with van der Waals surface area (Å²) in [6, 6.07) is 21.0. The Kier molecular flexibility index (Phi) is 6.49. The molecule has 2 heterocycles. The number of rotatable bonds is 4. The summed E-state index contributed by atoms with van der Waals surface area (Å²) >= 11 is 25.6. The highest BCUT2D eigenvalue weighted by Gasteiger charge is 2.35. The molecule has 3 nitrogen and oxygen atoms in total. The summed E-state index contributed by atoms with van der Waals surface area (Å²) in [5.74, 6) is -0.207. The number of thiocarbonyl (C=S) groups is 1. The summed E-state index contributed by atoms with van der Waals surface area (Å²) in [7, 11) is 0. The fourth-order valence-corrected chi connectivity index (χ4v) is 6.06. The monoisotopic (exact) mass is 542 g/mol. The molecule has 0 unspecified atom stereocenters. The average molecular weight is 544 g/mol. The van der Waals surface area contributed by atoms with E-state index >= 15 is 0 Å². The Labute approximate surface area is 221 Å². The molecule has 1 aromatic heterocycles. The van der Waals surface area contributed by atoms with Crippen LogP contribution in [0.5, 0.6) is 0 Å². The Morgan fingerprint density at radius 2 is 1.71 bits per heavy atom. The molecule has 0 N–H and O–H groups in total. The first-order valence-corrected chi connectivity index (χ1v) is 12.7. The largest absolute Gasteiger partial charge is 0.340 e. The number of hydrogen-bond donors (Lipinski definition) is 0. The van der Waals surface area contributed by atoms with Crippen LogP contribution in [0.3, 0.4) is 0 Å². The molecule has 0 spiro atoms. The van der Waals surface area contributed by atoms with Gasteiger partial charge in [0.1, 0.15) is 0 Å². The Balaban J connectivity index is 1.58. The zero-order valence-electron chi connectivity index (χ0n) is 17.9. The summed E-state index contributed by atoms with van der Waals surface area (Å²) in [6.45, 7) is 2.68. The molecular formula is C26H17Cl3N2OS2. The van der Waals surface area contributed by atoms with Crippen LogP contribution in [0.1, 0.15) is 16.8 Å². The predicted molar refractivity (Wildman–Crippen MR) is 149 cm³/mol. The van der Waals surface area contributed by atoms with E-state index in [2.05, 4.69) is 23.6 Å². The third-order valence-corrected chi connectivity index (χ3v) is 7.99. The van der Waals surface area contributed by atoms with Crippen LogP contribution < -0.4 is 4.90 Å². The highest BCUT2D eigenvalue weighted by Crippen LogP contribution is 2.41. The van der Waals surface area contributed by atoms with E-state index in [1.807, 2.05) is 42.5 Å². The molecule has 1 fully saturated rings. The fourth-order valence-electron chi connectivity index (χ4n) is 4.11. The van der Waals surface area contributed by atoms with Gasteiger partial charge < -0.3 is 4.57 Å². The molecule has 1 aliphatic heterocycles. The lowest BCUT2D eigenvalue weighted by Gasteiger charge is -2.16. The molecule has 8 heteroatoms. The summed E-state index contributed by atoms with van der Waals surface area (Å²) < 4.78 is 2.65. The first kappa shape index (κ1) is 23.5. The number of thioether (sulfide) groups is 1. The molecule has 1 amide bonds. The van der Waals surface area contributed by atoms with Crippen LogP contribution in [0.2, 0.25) is 15.1 Å². The van der Waals surface area contributed by atoms with Crippen molar-refractivity contribution in [2.75, 3.05) is 4.90 Å². The molecule has 1 saturated heterocycles. The quantitative estimate of drug-likeness (QED) is 0.191. The van der Waals surface area contributed by atoms with Gasteiger partial charge in [0.25, 0.3) is 5.91 Å². The van der Waals surface area contributed by atoms with Crippen LogP contribution in [0.25, 0.3) is 17.0 Å². The highest BCUT2D eigenvalue weighted by atomic mass is 35.5. The van der Waals surface area contributed by atoms with Gasteiger partial charge in [0, 0.05) is 38.8 Å². The van der Waals surface area contributed by atoms with Gasteiger partial charge in [-0.1, -0.05) is 95.2 Å². The standard InChI is InChI=1S/C26H17Cl3N2OS2/c1-15-19(13-24-25(32)31(26(33)34-24)23-11-10-17(27)12-21(23)29)18-7-3-5-9-22(18)30(15)14-16-6-2-4-8-20(16)28/h2-13H,14H2,1H3/b24-13+. The molecule has 170 valence electrons. The minimum Gasteiger partial charge on any atom is -0.340 e. The number of nitrogens with zero attached hydrogens (tertiary/aromatic N) is 2. The topological polar surface area (TPSA) is 25.2 Å². The number of para-hydroxylation sites is 1. The fraction of sp³-hybridized carbons (Fsp3) is 0.0769. The number of aromatic nitrogens is 1. The first-order valence-electron chi connectivity index (χ1n) is 10.4. The van der Waals surface area contributed by atoms with Crippen LogP contribution in [-0.4, -0.2) is 14.8 Å². The van der Waals surface area contributed by atoms with Crippen LogP contribution >= 0.6 is 58.8 Å². The minimum absolute atomic E-state index is 0.207. The summed E-state index contributed by atoms with van der Waals surface area (Å²) in [5, 5.41) is 2.65. The number of amides is 1. The van der Waals surface area contributed by atoms with Crippen molar-refractivity contribution in [3.63, 3.8) is 0 Å². The lowest BCUT2D eigenvalue weighted by Crippen LogP contribution is -2.27. The number of hydrogen-bond acceptors (Lipinski definition) is 3. The normalized spacial score (nSPS) is 15.2. The summed E-state index contributed by atoms with van der Waals surface area (Å²) in [5.41, 5.74) is 4.64. The molecule has 0 aliphatic carbocycles. The Bertz CT molecular complexity index is 1510. The van der Waals surface area contributed by atoms with Crippen molar-refractivity contribution in [3.05, 3.63) is 104 Å². The van der Waals surface area contributed by atoms with Crippen molar-refractivity contribution in [1.82, 2.24) is 4.57 Å². The van der Waals surface area contributed by atoms with Gasteiger partial charge in [-0.3, -0.25) is 9.69 Å². The van der Waals surface area contributed by atoms with Gasteiger partial charge in [-0.25, -0.2) is 0 Å². The highest BCUT2D eigenvalue weighted by molar-refractivity contribution is 8.27. The predicted octanol–water partition coefficient (Wildman–Crippen LogP) is 8.36. The minimum atomic E-state index is -0.207. The molecule has 0 bridgehead atoms. The van der Waals surface area contributed by atoms with E-state index in [0.717, 1.165) is 32.7 Å². The van der Waals surface area contributed by atoms with Crippen LogP contribution in [0, 0.1) is 6.92 Å². The van der Waals surface area contributed by atoms with E-state index in [1.165, 1.54) is 16.7 Å². The van der Waals surface area contributed by atoms with E-state index in [0.29, 0.717) is 31.5 Å². The van der Waals surface area contributed by atoms with Gasteiger partial charge in [0.05, 0.1) is 15.6 Å². The molecule has 5 rings (SSSR count). The number of fused-ring (bicyclic) bond motifs is 1. The molecule has 34 heavy (non-hydrogen) atoms. The second-order valence-corrected chi connectivity index (χ2v) is 10.7. The Morgan fingerprint density at radius 3 is 2.47 bits per heavy atom. The molecule has 0 radical (unpaired) electrons. The summed E-state index contributed by atoms with van der Waals surface area (Å²) in [6.07, 6.45) is 1.92. The van der Waals surface area contributed by atoms with Crippen molar-refractivity contribution >= 4 is 91.7 Å². The second kappa shape index (κ2) is 9.40. The SMILES string of the molecule is Cc1c(/C=C2/SC(=S)N(c3ccc(Cl)cc3Cl)C2=O)c2ccccc2n1Cc1ccccc1Cl. The van der Waals surface area contributed by atoms with Gasteiger partial charge in [-0.2, -0.15) is 0 Å². The van der Waals surface area contributed by atoms with E-state index < -0.39 is 0 Å². The van der Waals surface area contributed by atoms with Crippen molar-refractivity contribution < 1.29 is 4.79 Å². The molecule has 0 saturated carbocycles. The van der Waals surface area contributed by atoms with E-state index in [9.17, 15) is 4.79 Å². The second-order valence-electron chi connectivity index (χ2n) is 7.81. The van der Waals surface area contributed by atoms with Crippen molar-refractivity contribution in [2.24, 2.45) is 0 Å². The van der Waals surface area contributed by atoms with E-state index in [-0.39, 0.29) is 5.91 Å². The van der Waals surface area contributed by atoms with E-state index in [1.54, 1.807) is 18.2 Å². The number of anilines is 1. The van der Waals surface area contributed by atoms with Gasteiger partial charge >= 0.3 is 0 Å². The maximum absolute atomic E-state index is 13.4. The number of carbonyl (C=O) groups excluding carboxylic acids is 1. The van der Waals surface area contributed by atoms with Gasteiger partial charge in [-0.05, 0) is 48.9 Å². The van der Waals surface area contributed by atoms with Crippen LogP contribution in [0.15, 0.2) is 71.6 Å². The lowest BCUT2D eigenvalue weighted by molar-refractivity contribution is -0.113. The van der Waals surface area contributed by atoms with Crippen molar-refractivity contribution in [3.8, 4) is 0 Å². The zero-order chi connectivity index (χ0) is 24.0. The smallest absolute Gasteiger partial charge is 0.270 e. The third-order valence-electron chi connectivity index (χ3n) is 5.79.